The molecule has 1 N–H and O–H groups in total. The van der Waals surface area contributed by atoms with Gasteiger partial charge in [-0.3, -0.25) is 4.79 Å². The van der Waals surface area contributed by atoms with Crippen molar-refractivity contribution in [2.75, 3.05) is 0 Å². The summed E-state index contributed by atoms with van der Waals surface area (Å²) in [6, 6.07) is 0. The van der Waals surface area contributed by atoms with E-state index >= 15 is 0 Å². The molecule has 0 amide bonds. The topological polar surface area (TPSA) is 37.3 Å². The number of aliphatic hydroxyl groups excluding tert-OH is 1. The summed E-state index contributed by atoms with van der Waals surface area (Å²) in [6.07, 6.45) is 3.31. The van der Waals surface area contributed by atoms with E-state index in [1.54, 1.807) is 19.1 Å². The van der Waals surface area contributed by atoms with E-state index in [9.17, 15) is 4.79 Å². The highest BCUT2D eigenvalue weighted by atomic mass is 16.3. The van der Waals surface area contributed by atoms with Crippen molar-refractivity contribution in [1.82, 2.24) is 0 Å². The number of carbonyl (C=O) groups is 1. The van der Waals surface area contributed by atoms with Crippen LogP contribution in [0.5, 0.6) is 0 Å². The van der Waals surface area contributed by atoms with Crippen molar-refractivity contribution in [2.45, 2.75) is 20.8 Å². The van der Waals surface area contributed by atoms with Crippen LogP contribution in [0, 0.1) is 0 Å². The van der Waals surface area contributed by atoms with E-state index in [-0.39, 0.29) is 11.5 Å². The fraction of sp³-hybridized carbons (Fsp3) is 0.375. The average molecular weight is 140 g/mol. The summed E-state index contributed by atoms with van der Waals surface area (Å²) in [6.45, 7) is 4.72. The minimum absolute atomic E-state index is 0.0746. The highest BCUT2D eigenvalue weighted by Gasteiger charge is 2.01. The fourth-order valence-corrected chi connectivity index (χ4v) is 0.659. The van der Waals surface area contributed by atoms with Gasteiger partial charge in [-0.05, 0) is 20.8 Å². The molecule has 0 radical (unpaired) electrons. The first-order chi connectivity index (χ1) is 4.59. The maximum absolute atomic E-state index is 10.7. The third-order valence-electron chi connectivity index (χ3n) is 1.10. The first-order valence-corrected chi connectivity index (χ1v) is 3.13. The van der Waals surface area contributed by atoms with Gasteiger partial charge in [0.15, 0.2) is 5.78 Å². The van der Waals surface area contributed by atoms with Gasteiger partial charge >= 0.3 is 0 Å². The first-order valence-electron chi connectivity index (χ1n) is 3.13. The SMILES string of the molecule is C/C=C/C(C(C)=O)=C(\C)O. The van der Waals surface area contributed by atoms with E-state index in [1.165, 1.54) is 13.8 Å². The van der Waals surface area contributed by atoms with Crippen molar-refractivity contribution in [3.63, 3.8) is 0 Å². The molecule has 0 aromatic rings. The minimum Gasteiger partial charge on any atom is -0.512 e. The maximum atomic E-state index is 10.7. The van der Waals surface area contributed by atoms with E-state index in [2.05, 4.69) is 0 Å². The molecule has 0 unspecified atom stereocenters. The molecule has 0 atom stereocenters. The van der Waals surface area contributed by atoms with Crippen LogP contribution in [-0.4, -0.2) is 10.9 Å². The lowest BCUT2D eigenvalue weighted by molar-refractivity contribution is -0.113. The molecule has 0 saturated heterocycles. The molecule has 0 aliphatic rings. The van der Waals surface area contributed by atoms with Crippen LogP contribution in [0.4, 0.5) is 0 Å². The molecule has 56 valence electrons. The molecule has 0 aromatic heterocycles. The molecule has 0 aliphatic heterocycles. The predicted molar refractivity (Wildman–Crippen MR) is 40.8 cm³/mol. The molecule has 2 nitrogen and oxygen atoms in total. The zero-order valence-corrected chi connectivity index (χ0v) is 6.51. The van der Waals surface area contributed by atoms with E-state index in [4.69, 9.17) is 5.11 Å². The molecule has 0 aromatic carbocycles. The largest absolute Gasteiger partial charge is 0.512 e. The Bertz CT molecular complexity index is 183. The number of aliphatic hydroxyl groups is 1. The number of hydrogen-bond acceptors (Lipinski definition) is 2. The summed E-state index contributed by atoms with van der Waals surface area (Å²) in [5.74, 6) is -0.0382. The number of ketones is 1. The summed E-state index contributed by atoms with van der Waals surface area (Å²) in [4.78, 5) is 10.7. The van der Waals surface area contributed by atoms with Crippen molar-refractivity contribution >= 4 is 5.78 Å². The lowest BCUT2D eigenvalue weighted by Crippen LogP contribution is -1.96. The van der Waals surface area contributed by atoms with Crippen LogP contribution in [0.25, 0.3) is 0 Å². The van der Waals surface area contributed by atoms with Gasteiger partial charge in [-0.1, -0.05) is 12.2 Å². The van der Waals surface area contributed by atoms with Crippen molar-refractivity contribution in [3.8, 4) is 0 Å². The molecule has 0 saturated carbocycles. The molecule has 2 heteroatoms. The third-order valence-corrected chi connectivity index (χ3v) is 1.10. The number of rotatable bonds is 2. The molecular weight excluding hydrogens is 128 g/mol. The molecule has 0 rings (SSSR count). The lowest BCUT2D eigenvalue weighted by Gasteiger charge is -1.95. The van der Waals surface area contributed by atoms with Gasteiger partial charge in [0.25, 0.3) is 0 Å². The van der Waals surface area contributed by atoms with Gasteiger partial charge in [-0.2, -0.15) is 0 Å². The Balaban J connectivity index is 4.61. The van der Waals surface area contributed by atoms with Crippen LogP contribution in [0.1, 0.15) is 20.8 Å². The normalized spacial score (nSPS) is 13.5. The van der Waals surface area contributed by atoms with Crippen molar-refractivity contribution in [3.05, 3.63) is 23.5 Å². The number of Topliss-reactive ketones (excluding diaryl/α,β-unsaturated/α-hetero) is 1. The zero-order chi connectivity index (χ0) is 8.15. The molecule has 0 heterocycles. The summed E-state index contributed by atoms with van der Waals surface area (Å²) in [5, 5.41) is 8.92. The van der Waals surface area contributed by atoms with E-state index in [0.717, 1.165) is 0 Å². The monoisotopic (exact) mass is 140 g/mol. The number of carbonyl (C=O) groups excluding carboxylic acids is 1. The second-order valence-electron chi connectivity index (χ2n) is 2.06. The second-order valence-corrected chi connectivity index (χ2v) is 2.06. The lowest BCUT2D eigenvalue weighted by atomic mass is 10.1. The average Bonchev–Trinajstić information content (AvgIpc) is 1.81. The van der Waals surface area contributed by atoms with Crippen LogP contribution in [0.3, 0.4) is 0 Å². The summed E-state index contributed by atoms with van der Waals surface area (Å²) >= 11 is 0. The highest BCUT2D eigenvalue weighted by Crippen LogP contribution is 2.03. The fourth-order valence-electron chi connectivity index (χ4n) is 0.659. The summed E-state index contributed by atoms with van der Waals surface area (Å²) in [5.41, 5.74) is 0.377. The maximum Gasteiger partial charge on any atom is 0.163 e. The summed E-state index contributed by atoms with van der Waals surface area (Å²) in [7, 11) is 0. The third kappa shape index (κ3) is 2.49. The Kier molecular flexibility index (Phi) is 3.47. The van der Waals surface area contributed by atoms with Crippen molar-refractivity contribution < 1.29 is 9.90 Å². The van der Waals surface area contributed by atoms with Crippen LogP contribution in [0.2, 0.25) is 0 Å². The Labute approximate surface area is 60.9 Å². The van der Waals surface area contributed by atoms with Crippen molar-refractivity contribution in [2.24, 2.45) is 0 Å². The van der Waals surface area contributed by atoms with Crippen LogP contribution >= 0.6 is 0 Å². The van der Waals surface area contributed by atoms with Gasteiger partial charge < -0.3 is 5.11 Å². The van der Waals surface area contributed by atoms with Crippen LogP contribution < -0.4 is 0 Å². The van der Waals surface area contributed by atoms with E-state index < -0.39 is 0 Å². The van der Waals surface area contributed by atoms with Gasteiger partial charge in [0.1, 0.15) is 0 Å². The Morgan fingerprint density at radius 3 is 2.00 bits per heavy atom. The smallest absolute Gasteiger partial charge is 0.163 e. The first kappa shape index (κ1) is 8.95. The summed E-state index contributed by atoms with van der Waals surface area (Å²) < 4.78 is 0. The second kappa shape index (κ2) is 3.88. The molecule has 0 aliphatic carbocycles. The van der Waals surface area contributed by atoms with Gasteiger partial charge in [-0.25, -0.2) is 0 Å². The molecule has 0 spiro atoms. The minimum atomic E-state index is -0.113. The van der Waals surface area contributed by atoms with Crippen LogP contribution in [-0.2, 0) is 4.79 Å². The molecule has 0 fully saturated rings. The standard InChI is InChI=1S/C8H12O2/c1-4-5-8(6(2)9)7(3)10/h4-5,9H,1-3H3/b5-4+,8-6-. The molecule has 10 heavy (non-hydrogen) atoms. The predicted octanol–water partition coefficient (Wildman–Crippen LogP) is 1.98. The molecule has 0 bridgehead atoms. The van der Waals surface area contributed by atoms with Crippen molar-refractivity contribution in [1.29, 1.82) is 0 Å². The Morgan fingerprint density at radius 1 is 1.40 bits per heavy atom. The van der Waals surface area contributed by atoms with Gasteiger partial charge in [0, 0.05) is 0 Å². The van der Waals surface area contributed by atoms with Gasteiger partial charge in [0.05, 0.1) is 11.3 Å². The van der Waals surface area contributed by atoms with E-state index in [1.807, 2.05) is 0 Å². The quantitative estimate of drug-likeness (QED) is 0.362. The molecular formula is C8H12O2. The highest BCUT2D eigenvalue weighted by molar-refractivity contribution is 5.96. The zero-order valence-electron chi connectivity index (χ0n) is 6.51. The van der Waals surface area contributed by atoms with Crippen LogP contribution in [0.15, 0.2) is 23.5 Å². The Hall–Kier alpha value is -1.05. The van der Waals surface area contributed by atoms with Gasteiger partial charge in [0.2, 0.25) is 0 Å². The van der Waals surface area contributed by atoms with Gasteiger partial charge in [-0.15, -0.1) is 0 Å². The number of allylic oxidation sites excluding steroid dienone is 4. The number of hydrogen-bond donors (Lipinski definition) is 1. The Morgan fingerprint density at radius 2 is 1.90 bits per heavy atom. The van der Waals surface area contributed by atoms with E-state index in [0.29, 0.717) is 5.57 Å².